The van der Waals surface area contributed by atoms with Gasteiger partial charge in [-0.3, -0.25) is 0 Å². The highest BCUT2D eigenvalue weighted by atomic mass is 16.5. The van der Waals surface area contributed by atoms with Crippen LogP contribution in [0.3, 0.4) is 0 Å². The van der Waals surface area contributed by atoms with Crippen molar-refractivity contribution >= 4 is 6.03 Å². The number of benzene rings is 1. The molecule has 0 radical (unpaired) electrons. The lowest BCUT2D eigenvalue weighted by Gasteiger charge is -2.08. The van der Waals surface area contributed by atoms with Gasteiger partial charge in [0.25, 0.3) is 0 Å². The third-order valence-electron chi connectivity index (χ3n) is 2.71. The van der Waals surface area contributed by atoms with Gasteiger partial charge < -0.3 is 15.4 Å². The van der Waals surface area contributed by atoms with Crippen LogP contribution in [0.5, 0.6) is 5.75 Å². The molecule has 1 aromatic heterocycles. The van der Waals surface area contributed by atoms with Gasteiger partial charge in [0.15, 0.2) is 0 Å². The topological polar surface area (TPSA) is 76.1 Å². The molecule has 21 heavy (non-hydrogen) atoms. The Morgan fingerprint density at radius 1 is 1.05 bits per heavy atom. The van der Waals surface area contributed by atoms with Crippen molar-refractivity contribution in [2.45, 2.75) is 6.42 Å². The van der Waals surface area contributed by atoms with Gasteiger partial charge in [-0.2, -0.15) is 0 Å². The van der Waals surface area contributed by atoms with Crippen LogP contribution in [0.2, 0.25) is 0 Å². The van der Waals surface area contributed by atoms with Gasteiger partial charge >= 0.3 is 6.03 Å². The van der Waals surface area contributed by atoms with E-state index < -0.39 is 0 Å². The van der Waals surface area contributed by atoms with Crippen LogP contribution in [0.1, 0.15) is 5.56 Å². The van der Waals surface area contributed by atoms with E-state index in [1.165, 1.54) is 6.33 Å². The first-order valence-electron chi connectivity index (χ1n) is 6.78. The fourth-order valence-electron chi connectivity index (χ4n) is 1.69. The standard InChI is InChI=1S/C15H18N4O2/c20-15(18-7-6-13-10-16-12-17-11-13)19-8-9-21-14-4-2-1-3-5-14/h1-5,10-12H,6-9H2,(H2,18,19,20). The van der Waals surface area contributed by atoms with Crippen molar-refractivity contribution in [1.82, 2.24) is 20.6 Å². The summed E-state index contributed by atoms with van der Waals surface area (Å²) in [5.74, 6) is 0.795. The summed E-state index contributed by atoms with van der Waals surface area (Å²) >= 11 is 0. The van der Waals surface area contributed by atoms with Gasteiger partial charge in [-0.05, 0) is 24.1 Å². The SMILES string of the molecule is O=C(NCCOc1ccccc1)NCCc1cncnc1. The van der Waals surface area contributed by atoms with E-state index >= 15 is 0 Å². The van der Waals surface area contributed by atoms with Crippen LogP contribution in [-0.4, -0.2) is 35.7 Å². The minimum atomic E-state index is -0.205. The number of para-hydroxylation sites is 1. The summed E-state index contributed by atoms with van der Waals surface area (Å²) in [5.41, 5.74) is 0.991. The summed E-state index contributed by atoms with van der Waals surface area (Å²) in [5, 5.41) is 5.50. The maximum atomic E-state index is 11.5. The Morgan fingerprint density at radius 2 is 1.76 bits per heavy atom. The molecular formula is C15H18N4O2. The van der Waals surface area contributed by atoms with E-state index in [0.717, 1.165) is 11.3 Å². The van der Waals surface area contributed by atoms with Gasteiger partial charge in [-0.25, -0.2) is 14.8 Å². The molecule has 2 rings (SSSR count). The van der Waals surface area contributed by atoms with Crippen LogP contribution >= 0.6 is 0 Å². The molecule has 0 saturated carbocycles. The summed E-state index contributed by atoms with van der Waals surface area (Å²) in [7, 11) is 0. The smallest absolute Gasteiger partial charge is 0.314 e. The van der Waals surface area contributed by atoms with Gasteiger partial charge in [0, 0.05) is 18.9 Å². The van der Waals surface area contributed by atoms with Crippen LogP contribution in [-0.2, 0) is 6.42 Å². The number of hydrogen-bond donors (Lipinski definition) is 2. The largest absolute Gasteiger partial charge is 0.492 e. The predicted octanol–water partition coefficient (Wildman–Crippen LogP) is 1.40. The number of carbonyl (C=O) groups is 1. The molecule has 0 aliphatic heterocycles. The van der Waals surface area contributed by atoms with Crippen LogP contribution < -0.4 is 15.4 Å². The molecule has 2 amide bonds. The Hall–Kier alpha value is -2.63. The fourth-order valence-corrected chi connectivity index (χ4v) is 1.69. The number of hydrogen-bond acceptors (Lipinski definition) is 4. The van der Waals surface area contributed by atoms with Crippen molar-refractivity contribution in [1.29, 1.82) is 0 Å². The Labute approximate surface area is 123 Å². The summed E-state index contributed by atoms with van der Waals surface area (Å²) in [6.45, 7) is 1.43. The Balaban J connectivity index is 1.54. The second kappa shape index (κ2) is 8.52. The van der Waals surface area contributed by atoms with Crippen LogP contribution in [0.25, 0.3) is 0 Å². The first kappa shape index (κ1) is 14.8. The van der Waals surface area contributed by atoms with Gasteiger partial charge in [-0.1, -0.05) is 18.2 Å². The average Bonchev–Trinajstić information content (AvgIpc) is 2.54. The second-order valence-electron chi connectivity index (χ2n) is 4.34. The number of nitrogens with one attached hydrogen (secondary N) is 2. The summed E-state index contributed by atoms with van der Waals surface area (Å²) < 4.78 is 5.47. The molecule has 0 saturated heterocycles. The quantitative estimate of drug-likeness (QED) is 0.754. The number of ether oxygens (including phenoxy) is 1. The number of rotatable bonds is 7. The highest BCUT2D eigenvalue weighted by Crippen LogP contribution is 2.07. The minimum absolute atomic E-state index is 0.205. The van der Waals surface area contributed by atoms with E-state index in [1.54, 1.807) is 12.4 Å². The van der Waals surface area contributed by atoms with E-state index in [4.69, 9.17) is 4.74 Å². The molecule has 0 atom stereocenters. The summed E-state index contributed by atoms with van der Waals surface area (Å²) in [6.07, 6.45) is 5.66. The zero-order valence-corrected chi connectivity index (χ0v) is 11.7. The third kappa shape index (κ3) is 5.90. The van der Waals surface area contributed by atoms with Crippen molar-refractivity contribution in [2.75, 3.05) is 19.7 Å². The van der Waals surface area contributed by atoms with Crippen molar-refractivity contribution < 1.29 is 9.53 Å². The molecule has 0 unspecified atom stereocenters. The molecular weight excluding hydrogens is 268 g/mol. The Bertz CT molecular complexity index is 534. The van der Waals surface area contributed by atoms with E-state index in [9.17, 15) is 4.79 Å². The Morgan fingerprint density at radius 3 is 2.52 bits per heavy atom. The van der Waals surface area contributed by atoms with Crippen molar-refractivity contribution in [3.8, 4) is 5.75 Å². The summed E-state index contributed by atoms with van der Waals surface area (Å²) in [6, 6.07) is 9.29. The molecule has 0 bridgehead atoms. The lowest BCUT2D eigenvalue weighted by molar-refractivity contribution is 0.236. The molecule has 0 fully saturated rings. The highest BCUT2D eigenvalue weighted by molar-refractivity contribution is 5.73. The molecule has 2 N–H and O–H groups in total. The average molecular weight is 286 g/mol. The van der Waals surface area contributed by atoms with Crippen LogP contribution in [0.15, 0.2) is 49.1 Å². The molecule has 110 valence electrons. The van der Waals surface area contributed by atoms with Crippen LogP contribution in [0.4, 0.5) is 4.79 Å². The Kier molecular flexibility index (Phi) is 6.00. The zero-order valence-electron chi connectivity index (χ0n) is 11.7. The van der Waals surface area contributed by atoms with E-state index in [2.05, 4.69) is 20.6 Å². The van der Waals surface area contributed by atoms with Gasteiger partial charge in [0.05, 0.1) is 6.54 Å². The lowest BCUT2D eigenvalue weighted by atomic mass is 10.2. The molecule has 1 aromatic carbocycles. The van der Waals surface area contributed by atoms with E-state index in [1.807, 2.05) is 30.3 Å². The second-order valence-corrected chi connectivity index (χ2v) is 4.34. The molecule has 1 heterocycles. The lowest BCUT2D eigenvalue weighted by Crippen LogP contribution is -2.38. The first-order chi connectivity index (χ1) is 10.3. The van der Waals surface area contributed by atoms with Gasteiger partial charge in [0.1, 0.15) is 18.7 Å². The molecule has 6 nitrogen and oxygen atoms in total. The molecule has 2 aromatic rings. The predicted molar refractivity (Wildman–Crippen MR) is 79.1 cm³/mol. The molecule has 0 spiro atoms. The fraction of sp³-hybridized carbons (Fsp3) is 0.267. The number of aromatic nitrogens is 2. The first-order valence-corrected chi connectivity index (χ1v) is 6.78. The van der Waals surface area contributed by atoms with Crippen molar-refractivity contribution in [2.24, 2.45) is 0 Å². The highest BCUT2D eigenvalue weighted by Gasteiger charge is 2.00. The molecule has 0 aliphatic rings. The van der Waals surface area contributed by atoms with Gasteiger partial charge in [-0.15, -0.1) is 0 Å². The van der Waals surface area contributed by atoms with Crippen molar-refractivity contribution in [3.63, 3.8) is 0 Å². The zero-order chi connectivity index (χ0) is 14.8. The molecule has 6 heteroatoms. The number of carbonyl (C=O) groups excluding carboxylic acids is 1. The van der Waals surface area contributed by atoms with Crippen molar-refractivity contribution in [3.05, 3.63) is 54.6 Å². The number of nitrogens with zero attached hydrogens (tertiary/aromatic N) is 2. The number of amides is 2. The minimum Gasteiger partial charge on any atom is -0.492 e. The monoisotopic (exact) mass is 286 g/mol. The van der Waals surface area contributed by atoms with E-state index in [0.29, 0.717) is 26.1 Å². The van der Waals surface area contributed by atoms with E-state index in [-0.39, 0.29) is 6.03 Å². The maximum Gasteiger partial charge on any atom is 0.314 e. The molecule has 0 aliphatic carbocycles. The van der Waals surface area contributed by atoms with Crippen LogP contribution in [0, 0.1) is 0 Å². The maximum absolute atomic E-state index is 11.5. The summed E-state index contributed by atoms with van der Waals surface area (Å²) in [4.78, 5) is 19.4. The normalized spacial score (nSPS) is 9.90. The van der Waals surface area contributed by atoms with Gasteiger partial charge in [0.2, 0.25) is 0 Å². The third-order valence-corrected chi connectivity index (χ3v) is 2.71. The number of urea groups is 1.